The summed E-state index contributed by atoms with van der Waals surface area (Å²) in [5.74, 6) is 0. The van der Waals surface area contributed by atoms with Gasteiger partial charge in [-0.2, -0.15) is 5.26 Å². The molecule has 0 fully saturated rings. The number of rotatable bonds is 6. The first-order valence-corrected chi connectivity index (χ1v) is 28.4. The van der Waals surface area contributed by atoms with Gasteiger partial charge < -0.3 is 18.3 Å². The Morgan fingerprint density at radius 1 is 0.301 bits per heavy atom. The van der Waals surface area contributed by atoms with Gasteiger partial charge in [-0.15, -0.1) is 0 Å². The number of aryl methyl sites for hydroxylation is 4. The molecule has 6 heterocycles. The van der Waals surface area contributed by atoms with E-state index in [9.17, 15) is 5.26 Å². The second-order valence-electron chi connectivity index (χ2n) is 22.5. The van der Waals surface area contributed by atoms with E-state index in [4.69, 9.17) is 4.98 Å². The average molecular weight is 1060 g/mol. The molecular formula is C76H51N7. The lowest BCUT2D eigenvalue weighted by Crippen LogP contribution is -2.16. The van der Waals surface area contributed by atoms with Crippen molar-refractivity contribution in [2.45, 2.75) is 27.7 Å². The topological polar surface area (TPSA) is 61.3 Å². The predicted molar refractivity (Wildman–Crippen MR) is 345 cm³/mol. The Balaban J connectivity index is 1.21. The SMILES string of the molecule is Cc1ccc2c(c1)c1ccccc1n2-c1c(C#N)c(-n2c3ccccc3c3cc(C)ccc32)c(-n2c3ccccc3c3cc(C)ccc32)c(-c2cccc(-n3c4ccccc4c4cccnc43)c2)c1-n1c2ccccc2c2cc(C)ccc21. The Morgan fingerprint density at radius 2 is 0.639 bits per heavy atom. The lowest BCUT2D eigenvalue weighted by atomic mass is 9.93. The number of para-hydroxylation sites is 5. The van der Waals surface area contributed by atoms with Gasteiger partial charge in [0.05, 0.1) is 72.4 Å². The van der Waals surface area contributed by atoms with Crippen molar-refractivity contribution in [3.05, 3.63) is 265 Å². The fourth-order valence-electron chi connectivity index (χ4n) is 14.1. The highest BCUT2D eigenvalue weighted by Crippen LogP contribution is 2.52. The first-order valence-electron chi connectivity index (χ1n) is 28.4. The van der Waals surface area contributed by atoms with Crippen molar-refractivity contribution in [2.24, 2.45) is 0 Å². The van der Waals surface area contributed by atoms with E-state index in [0.717, 1.165) is 160 Å². The molecule has 0 saturated heterocycles. The number of nitrogens with zero attached hydrogens (tertiary/aromatic N) is 7. The predicted octanol–water partition coefficient (Wildman–Crippen LogP) is 19.3. The van der Waals surface area contributed by atoms with Crippen LogP contribution in [-0.2, 0) is 0 Å². The zero-order valence-electron chi connectivity index (χ0n) is 46.1. The minimum absolute atomic E-state index is 0.532. The quantitative estimate of drug-likeness (QED) is 0.167. The van der Waals surface area contributed by atoms with Gasteiger partial charge in [-0.3, -0.25) is 4.57 Å². The third kappa shape index (κ3) is 6.57. The van der Waals surface area contributed by atoms with Crippen LogP contribution in [0.25, 0.3) is 149 Å². The molecule has 17 rings (SSSR count). The Labute approximate surface area is 477 Å². The maximum atomic E-state index is 13.1. The molecule has 390 valence electrons. The van der Waals surface area contributed by atoms with Gasteiger partial charge >= 0.3 is 0 Å². The summed E-state index contributed by atoms with van der Waals surface area (Å²) in [5, 5.41) is 24.3. The van der Waals surface area contributed by atoms with Crippen LogP contribution in [0, 0.1) is 39.0 Å². The van der Waals surface area contributed by atoms with Crippen LogP contribution in [-0.4, -0.2) is 27.8 Å². The van der Waals surface area contributed by atoms with Gasteiger partial charge in [0.2, 0.25) is 0 Å². The summed E-state index contributed by atoms with van der Waals surface area (Å²) < 4.78 is 12.1. The number of hydrogen-bond donors (Lipinski definition) is 0. The largest absolute Gasteiger partial charge is 0.306 e. The van der Waals surface area contributed by atoms with Crippen molar-refractivity contribution in [3.8, 4) is 45.6 Å². The third-order valence-electron chi connectivity index (χ3n) is 17.5. The van der Waals surface area contributed by atoms with Crippen LogP contribution >= 0.6 is 0 Å². The lowest BCUT2D eigenvalue weighted by molar-refractivity contribution is 1.03. The molecule has 7 heteroatoms. The fourth-order valence-corrected chi connectivity index (χ4v) is 14.1. The first kappa shape index (κ1) is 46.9. The molecule has 17 aromatic rings. The molecule has 0 saturated carbocycles. The zero-order chi connectivity index (χ0) is 55.4. The van der Waals surface area contributed by atoms with Gasteiger partial charge in [0.1, 0.15) is 17.3 Å². The summed E-state index contributed by atoms with van der Waals surface area (Å²) in [6.45, 7) is 8.68. The standard InChI is InChI=1S/C76H51N7/c1-45-30-34-67-57(39-45)52-20-6-11-26-63(52)80(67)72-61(44-77)73(81-64-27-12-7-21-53(64)58-40-46(2)31-35-68(58)81)75(83-66-29-14-9-23-55(66)60-42-48(4)33-37-70(60)83)71(74(72)82-65-28-13-8-22-54(65)59-41-47(3)32-36-69(59)82)49-17-15-18-50(43-49)79-62-25-10-5-19-51(62)56-24-16-38-78-76(56)79/h5-43H,1-4H3. The van der Waals surface area contributed by atoms with Gasteiger partial charge in [-0.1, -0.05) is 150 Å². The van der Waals surface area contributed by atoms with Gasteiger partial charge in [0, 0.05) is 71.3 Å². The molecule has 0 aliphatic rings. The van der Waals surface area contributed by atoms with Crippen molar-refractivity contribution in [1.82, 2.24) is 27.8 Å². The van der Waals surface area contributed by atoms with Crippen LogP contribution in [0.5, 0.6) is 0 Å². The second kappa shape index (κ2) is 17.5. The smallest absolute Gasteiger partial charge is 0.145 e. The number of aromatic nitrogens is 6. The molecule has 11 aromatic carbocycles. The highest BCUT2D eigenvalue weighted by atomic mass is 15.1. The van der Waals surface area contributed by atoms with E-state index in [2.05, 4.69) is 281 Å². The number of benzene rings is 11. The molecule has 6 aromatic heterocycles. The van der Waals surface area contributed by atoms with Crippen LogP contribution in [0.2, 0.25) is 0 Å². The molecule has 0 unspecified atom stereocenters. The van der Waals surface area contributed by atoms with Crippen LogP contribution in [0.15, 0.2) is 237 Å². The monoisotopic (exact) mass is 1060 g/mol. The maximum absolute atomic E-state index is 13.1. The van der Waals surface area contributed by atoms with Gasteiger partial charge in [-0.25, -0.2) is 4.98 Å². The number of nitriles is 1. The molecule has 0 amide bonds. The van der Waals surface area contributed by atoms with Gasteiger partial charge in [-0.05, 0) is 136 Å². The lowest BCUT2D eigenvalue weighted by Gasteiger charge is -2.29. The Kier molecular flexibility index (Phi) is 9.91. The van der Waals surface area contributed by atoms with Crippen LogP contribution < -0.4 is 0 Å². The van der Waals surface area contributed by atoms with Crippen molar-refractivity contribution in [2.75, 3.05) is 0 Å². The highest BCUT2D eigenvalue weighted by Gasteiger charge is 2.35. The van der Waals surface area contributed by atoms with Crippen molar-refractivity contribution < 1.29 is 0 Å². The van der Waals surface area contributed by atoms with E-state index in [1.54, 1.807) is 0 Å². The molecule has 7 nitrogen and oxygen atoms in total. The van der Waals surface area contributed by atoms with Crippen LogP contribution in [0.1, 0.15) is 27.8 Å². The van der Waals surface area contributed by atoms with E-state index in [1.807, 2.05) is 12.3 Å². The van der Waals surface area contributed by atoms with E-state index < -0.39 is 0 Å². The van der Waals surface area contributed by atoms with E-state index in [-0.39, 0.29) is 0 Å². The Bertz CT molecular complexity index is 5390. The van der Waals surface area contributed by atoms with Gasteiger partial charge in [0.15, 0.2) is 0 Å². The number of pyridine rings is 1. The maximum Gasteiger partial charge on any atom is 0.145 e. The molecule has 0 radical (unpaired) electrons. The highest BCUT2D eigenvalue weighted by molar-refractivity contribution is 6.18. The fraction of sp³-hybridized carbons (Fsp3) is 0.0526. The molecule has 0 atom stereocenters. The third-order valence-corrected chi connectivity index (χ3v) is 17.5. The Morgan fingerprint density at radius 3 is 1.04 bits per heavy atom. The summed E-state index contributed by atoms with van der Waals surface area (Å²) >= 11 is 0. The number of hydrogen-bond acceptors (Lipinski definition) is 2. The molecule has 0 bridgehead atoms. The normalized spacial score (nSPS) is 12.1. The summed E-state index contributed by atoms with van der Waals surface area (Å²) in [7, 11) is 0. The molecular weight excluding hydrogens is 1010 g/mol. The van der Waals surface area contributed by atoms with Crippen LogP contribution in [0.3, 0.4) is 0 Å². The van der Waals surface area contributed by atoms with Crippen LogP contribution in [0.4, 0.5) is 0 Å². The molecule has 83 heavy (non-hydrogen) atoms. The summed E-state index contributed by atoms with van der Waals surface area (Å²) in [4.78, 5) is 5.12. The molecule has 0 aliphatic heterocycles. The second-order valence-corrected chi connectivity index (χ2v) is 22.5. The molecule has 0 spiro atoms. The van der Waals surface area contributed by atoms with E-state index in [0.29, 0.717) is 5.56 Å². The molecule has 0 aliphatic carbocycles. The zero-order valence-corrected chi connectivity index (χ0v) is 46.1. The van der Waals surface area contributed by atoms with Crippen molar-refractivity contribution in [1.29, 1.82) is 5.26 Å². The summed E-state index contributed by atoms with van der Waals surface area (Å²) in [6, 6.07) is 87.3. The van der Waals surface area contributed by atoms with Crippen molar-refractivity contribution in [3.63, 3.8) is 0 Å². The van der Waals surface area contributed by atoms with Crippen molar-refractivity contribution >= 4 is 109 Å². The number of fused-ring (bicyclic) bond motifs is 15. The summed E-state index contributed by atoms with van der Waals surface area (Å²) in [5.41, 5.74) is 21.5. The van der Waals surface area contributed by atoms with E-state index in [1.165, 1.54) is 11.1 Å². The minimum atomic E-state index is 0.532. The van der Waals surface area contributed by atoms with E-state index >= 15 is 0 Å². The minimum Gasteiger partial charge on any atom is -0.306 e. The first-order chi connectivity index (χ1) is 40.8. The average Bonchev–Trinajstić information content (AvgIpc) is 2.09. The Hall–Kier alpha value is -10.9. The van der Waals surface area contributed by atoms with Gasteiger partial charge in [0.25, 0.3) is 0 Å². The molecule has 0 N–H and O–H groups in total. The summed E-state index contributed by atoms with van der Waals surface area (Å²) in [6.07, 6.45) is 1.89.